The van der Waals surface area contributed by atoms with Gasteiger partial charge in [0.25, 0.3) is 0 Å². The Morgan fingerprint density at radius 2 is 2.20 bits per heavy atom. The van der Waals surface area contributed by atoms with Crippen molar-refractivity contribution in [2.24, 2.45) is 25.0 Å². The predicted molar refractivity (Wildman–Crippen MR) is 75.8 cm³/mol. The molecular weight excluding hydrogens is 258 g/mol. The Labute approximate surface area is 117 Å². The third-order valence-corrected chi connectivity index (χ3v) is 3.22. The second-order valence-corrected chi connectivity index (χ2v) is 4.70. The molecule has 2 heterocycles. The summed E-state index contributed by atoms with van der Waals surface area (Å²) in [6.07, 6.45) is 3.64. The Bertz CT molecular complexity index is 640. The second kappa shape index (κ2) is 5.24. The average molecular weight is 277 g/mol. The molecule has 0 aliphatic rings. The summed E-state index contributed by atoms with van der Waals surface area (Å²) in [6, 6.07) is 0. The van der Waals surface area contributed by atoms with Crippen molar-refractivity contribution in [3.63, 3.8) is 0 Å². The Hall–Kier alpha value is -2.51. The number of hydrogen-bond acceptors (Lipinski definition) is 5. The Morgan fingerprint density at radius 1 is 1.50 bits per heavy atom. The van der Waals surface area contributed by atoms with E-state index < -0.39 is 0 Å². The molecule has 0 aliphatic heterocycles. The minimum Gasteiger partial charge on any atom is -0.409 e. The van der Waals surface area contributed by atoms with E-state index in [9.17, 15) is 0 Å². The highest BCUT2D eigenvalue weighted by atomic mass is 16.4. The minimum absolute atomic E-state index is 0.0530. The fourth-order valence-corrected chi connectivity index (χ4v) is 2.27. The van der Waals surface area contributed by atoms with E-state index in [1.807, 2.05) is 43.7 Å². The van der Waals surface area contributed by atoms with Crippen molar-refractivity contribution >= 4 is 11.7 Å². The van der Waals surface area contributed by atoms with E-state index >= 15 is 0 Å². The van der Waals surface area contributed by atoms with Crippen LogP contribution in [0, 0.1) is 6.92 Å². The van der Waals surface area contributed by atoms with E-state index in [2.05, 4.69) is 15.2 Å². The smallest absolute Gasteiger partial charge is 0.175 e. The van der Waals surface area contributed by atoms with Gasteiger partial charge >= 0.3 is 0 Å². The molecule has 3 N–H and O–H groups in total. The average Bonchev–Trinajstić information content (AvgIpc) is 2.92. The maximum Gasteiger partial charge on any atom is 0.175 e. The van der Waals surface area contributed by atoms with Gasteiger partial charge in [0.05, 0.1) is 17.8 Å². The van der Waals surface area contributed by atoms with Crippen LogP contribution in [0.2, 0.25) is 0 Å². The number of anilines is 1. The van der Waals surface area contributed by atoms with E-state index in [0.717, 1.165) is 11.6 Å². The number of nitrogens with zero attached hydrogens (tertiary/aromatic N) is 6. The van der Waals surface area contributed by atoms with Crippen molar-refractivity contribution in [2.75, 3.05) is 11.9 Å². The van der Waals surface area contributed by atoms with Crippen LogP contribution < -0.4 is 10.6 Å². The summed E-state index contributed by atoms with van der Waals surface area (Å²) in [6.45, 7) is 2.42. The molecule has 0 unspecified atom stereocenters. The molecule has 2 aromatic rings. The van der Waals surface area contributed by atoms with Gasteiger partial charge in [0.2, 0.25) is 0 Å². The lowest BCUT2D eigenvalue weighted by atomic mass is 10.2. The van der Waals surface area contributed by atoms with Gasteiger partial charge in [-0.2, -0.15) is 5.10 Å². The Balaban J connectivity index is 2.39. The second-order valence-electron chi connectivity index (χ2n) is 4.70. The molecule has 0 aliphatic carbocycles. The van der Waals surface area contributed by atoms with Gasteiger partial charge in [0, 0.05) is 33.5 Å². The van der Waals surface area contributed by atoms with Crippen molar-refractivity contribution in [3.8, 4) is 0 Å². The zero-order valence-electron chi connectivity index (χ0n) is 12.1. The molecule has 0 aromatic carbocycles. The Morgan fingerprint density at radius 3 is 2.75 bits per heavy atom. The number of oxime groups is 1. The number of amidine groups is 1. The molecule has 2 aromatic heterocycles. The van der Waals surface area contributed by atoms with Crippen LogP contribution in [0.5, 0.6) is 0 Å². The maximum absolute atomic E-state index is 8.92. The number of imidazole rings is 1. The van der Waals surface area contributed by atoms with Crippen LogP contribution in [0.15, 0.2) is 17.5 Å². The SMILES string of the molecule is Cc1nn(C)c(N(C)Cc2nccn2C)c1C(N)=NO. The molecule has 0 radical (unpaired) electrons. The predicted octanol–water partition coefficient (Wildman–Crippen LogP) is 0.193. The van der Waals surface area contributed by atoms with Gasteiger partial charge in [-0.05, 0) is 6.92 Å². The van der Waals surface area contributed by atoms with Crippen LogP contribution in [0.3, 0.4) is 0 Å². The normalized spacial score (nSPS) is 11.9. The lowest BCUT2D eigenvalue weighted by molar-refractivity contribution is 0.318. The maximum atomic E-state index is 8.92. The van der Waals surface area contributed by atoms with E-state index in [1.165, 1.54) is 0 Å². The zero-order valence-corrected chi connectivity index (χ0v) is 12.1. The van der Waals surface area contributed by atoms with Gasteiger partial charge in [-0.15, -0.1) is 0 Å². The quantitative estimate of drug-likeness (QED) is 0.360. The van der Waals surface area contributed by atoms with Crippen LogP contribution in [-0.2, 0) is 20.6 Å². The van der Waals surface area contributed by atoms with Gasteiger partial charge in [-0.25, -0.2) is 4.98 Å². The summed E-state index contributed by atoms with van der Waals surface area (Å²) in [7, 11) is 5.68. The van der Waals surface area contributed by atoms with Gasteiger partial charge in [0.1, 0.15) is 11.6 Å². The molecule has 0 saturated heterocycles. The lowest BCUT2D eigenvalue weighted by Crippen LogP contribution is -2.25. The third kappa shape index (κ3) is 2.31. The molecule has 0 bridgehead atoms. The van der Waals surface area contributed by atoms with Crippen molar-refractivity contribution < 1.29 is 5.21 Å². The largest absolute Gasteiger partial charge is 0.409 e. The molecule has 20 heavy (non-hydrogen) atoms. The van der Waals surface area contributed by atoms with Crippen LogP contribution >= 0.6 is 0 Å². The summed E-state index contributed by atoms with van der Waals surface area (Å²) < 4.78 is 3.66. The van der Waals surface area contributed by atoms with Crippen LogP contribution in [0.25, 0.3) is 0 Å². The van der Waals surface area contributed by atoms with Crippen molar-refractivity contribution in [2.45, 2.75) is 13.5 Å². The fourth-order valence-electron chi connectivity index (χ4n) is 2.27. The molecule has 0 fully saturated rings. The molecule has 8 heteroatoms. The molecule has 0 atom stereocenters. The number of aromatic nitrogens is 4. The van der Waals surface area contributed by atoms with Gasteiger partial charge in [-0.1, -0.05) is 5.16 Å². The first kappa shape index (κ1) is 13.9. The first-order valence-electron chi connectivity index (χ1n) is 6.14. The van der Waals surface area contributed by atoms with Crippen molar-refractivity contribution in [3.05, 3.63) is 29.5 Å². The number of rotatable bonds is 4. The van der Waals surface area contributed by atoms with Gasteiger partial charge in [-0.3, -0.25) is 4.68 Å². The molecule has 0 amide bonds. The van der Waals surface area contributed by atoms with Crippen molar-refractivity contribution in [1.29, 1.82) is 0 Å². The minimum atomic E-state index is 0.0530. The fraction of sp³-hybridized carbons (Fsp3) is 0.417. The summed E-state index contributed by atoms with van der Waals surface area (Å²) in [5.41, 5.74) is 7.09. The summed E-state index contributed by atoms with van der Waals surface area (Å²) >= 11 is 0. The first-order valence-corrected chi connectivity index (χ1v) is 6.14. The molecular formula is C12H19N7O. The number of hydrogen-bond donors (Lipinski definition) is 2. The van der Waals surface area contributed by atoms with Gasteiger partial charge < -0.3 is 20.4 Å². The standard InChI is InChI=1S/C12H19N7O/c1-8-10(11(13)16-20)12(19(4)15-8)18(3)7-9-14-5-6-17(9)2/h5-6,20H,7H2,1-4H3,(H2,13,16). The Kier molecular flexibility index (Phi) is 3.64. The topological polar surface area (TPSA) is 97.5 Å². The van der Waals surface area contributed by atoms with E-state index in [1.54, 1.807) is 10.9 Å². The summed E-state index contributed by atoms with van der Waals surface area (Å²) in [5, 5.41) is 16.3. The summed E-state index contributed by atoms with van der Waals surface area (Å²) in [4.78, 5) is 6.26. The van der Waals surface area contributed by atoms with Gasteiger partial charge in [0.15, 0.2) is 5.84 Å². The van der Waals surface area contributed by atoms with E-state index in [0.29, 0.717) is 17.8 Å². The van der Waals surface area contributed by atoms with E-state index in [-0.39, 0.29) is 5.84 Å². The molecule has 8 nitrogen and oxygen atoms in total. The highest BCUT2D eigenvalue weighted by Crippen LogP contribution is 2.23. The van der Waals surface area contributed by atoms with Crippen LogP contribution in [0.1, 0.15) is 17.1 Å². The number of aryl methyl sites for hydroxylation is 3. The zero-order chi connectivity index (χ0) is 14.9. The molecule has 108 valence electrons. The molecule has 0 spiro atoms. The van der Waals surface area contributed by atoms with Crippen LogP contribution in [0.4, 0.5) is 5.82 Å². The third-order valence-electron chi connectivity index (χ3n) is 3.22. The molecule has 0 saturated carbocycles. The highest BCUT2D eigenvalue weighted by Gasteiger charge is 2.21. The molecule has 2 rings (SSSR count). The number of nitrogens with two attached hydrogens (primary N) is 1. The monoisotopic (exact) mass is 277 g/mol. The van der Waals surface area contributed by atoms with E-state index in [4.69, 9.17) is 10.9 Å². The van der Waals surface area contributed by atoms with Crippen LogP contribution in [-0.4, -0.2) is 37.4 Å². The highest BCUT2D eigenvalue weighted by molar-refractivity contribution is 6.02. The first-order chi connectivity index (χ1) is 9.45. The lowest BCUT2D eigenvalue weighted by Gasteiger charge is -2.20. The summed E-state index contributed by atoms with van der Waals surface area (Å²) in [5.74, 6) is 1.75. The van der Waals surface area contributed by atoms with Crippen molar-refractivity contribution in [1.82, 2.24) is 19.3 Å².